The molecule has 1 aromatic carbocycles. The summed E-state index contributed by atoms with van der Waals surface area (Å²) in [6.07, 6.45) is 4.02. The molecular weight excluding hydrogens is 248 g/mol. The van der Waals surface area contributed by atoms with Gasteiger partial charge in [0, 0.05) is 13.1 Å². The molecular formula is C16H26N4. The highest BCUT2D eigenvalue weighted by Crippen LogP contribution is 2.24. The molecule has 1 aliphatic rings. The van der Waals surface area contributed by atoms with Gasteiger partial charge in [0.2, 0.25) is 0 Å². The fraction of sp³-hybridized carbons (Fsp3) is 0.562. The molecule has 110 valence electrons. The second-order valence-corrected chi connectivity index (χ2v) is 5.94. The molecule has 2 rings (SSSR count). The first-order chi connectivity index (χ1) is 9.63. The Hall–Kier alpha value is -1.55. The predicted octanol–water partition coefficient (Wildman–Crippen LogP) is 1.95. The van der Waals surface area contributed by atoms with Crippen molar-refractivity contribution in [1.82, 2.24) is 10.2 Å². The minimum absolute atomic E-state index is 0.565. The lowest BCUT2D eigenvalue weighted by molar-refractivity contribution is 0.315. The van der Waals surface area contributed by atoms with E-state index in [0.29, 0.717) is 12.5 Å². The van der Waals surface area contributed by atoms with Gasteiger partial charge >= 0.3 is 0 Å². The Bertz CT molecular complexity index is 450. The number of nitrogens with one attached hydrogen (secondary N) is 1. The van der Waals surface area contributed by atoms with Crippen molar-refractivity contribution in [3.05, 3.63) is 35.4 Å². The largest absolute Gasteiger partial charge is 0.370 e. The Labute approximate surface area is 122 Å². The third-order valence-corrected chi connectivity index (χ3v) is 3.72. The second kappa shape index (κ2) is 7.29. The minimum Gasteiger partial charge on any atom is -0.370 e. The summed E-state index contributed by atoms with van der Waals surface area (Å²) in [4.78, 5) is 6.58. The van der Waals surface area contributed by atoms with E-state index in [2.05, 4.69) is 53.6 Å². The topological polar surface area (TPSA) is 53.6 Å². The number of hydrogen-bond donors (Lipinski definition) is 2. The first-order valence-electron chi connectivity index (χ1n) is 7.40. The number of rotatable bonds is 6. The van der Waals surface area contributed by atoms with Crippen molar-refractivity contribution in [2.24, 2.45) is 16.6 Å². The van der Waals surface area contributed by atoms with Gasteiger partial charge in [0.15, 0.2) is 5.96 Å². The van der Waals surface area contributed by atoms with Gasteiger partial charge in [-0.2, -0.15) is 0 Å². The predicted molar refractivity (Wildman–Crippen MR) is 84.5 cm³/mol. The van der Waals surface area contributed by atoms with Gasteiger partial charge in [-0.3, -0.25) is 0 Å². The van der Waals surface area contributed by atoms with E-state index < -0.39 is 0 Å². The van der Waals surface area contributed by atoms with E-state index in [1.165, 1.54) is 30.4 Å². The van der Waals surface area contributed by atoms with E-state index in [-0.39, 0.29) is 0 Å². The van der Waals surface area contributed by atoms with Crippen molar-refractivity contribution < 1.29 is 0 Å². The number of nitrogens with two attached hydrogens (primary N) is 1. The number of guanidine groups is 1. The average molecular weight is 274 g/mol. The summed E-state index contributed by atoms with van der Waals surface area (Å²) < 4.78 is 0. The molecule has 1 aromatic rings. The molecule has 0 aliphatic heterocycles. The van der Waals surface area contributed by atoms with Gasteiger partial charge < -0.3 is 16.0 Å². The maximum absolute atomic E-state index is 5.90. The van der Waals surface area contributed by atoms with Gasteiger partial charge in [-0.05, 0) is 44.0 Å². The highest BCUT2D eigenvalue weighted by atomic mass is 15.1. The summed E-state index contributed by atoms with van der Waals surface area (Å²) in [5.74, 6) is 1.36. The van der Waals surface area contributed by atoms with Gasteiger partial charge in [-0.25, -0.2) is 4.99 Å². The van der Waals surface area contributed by atoms with Crippen molar-refractivity contribution in [1.29, 1.82) is 0 Å². The van der Waals surface area contributed by atoms with Crippen molar-refractivity contribution in [2.75, 3.05) is 20.6 Å². The van der Waals surface area contributed by atoms with E-state index in [4.69, 9.17) is 5.73 Å². The molecule has 0 radical (unpaired) electrons. The van der Waals surface area contributed by atoms with Crippen LogP contribution in [0, 0.1) is 5.92 Å². The summed E-state index contributed by atoms with van der Waals surface area (Å²) in [5.41, 5.74) is 8.41. The summed E-state index contributed by atoms with van der Waals surface area (Å²) in [5, 5.41) is 3.22. The molecule has 4 nitrogen and oxygen atoms in total. The summed E-state index contributed by atoms with van der Waals surface area (Å²) >= 11 is 0. The summed E-state index contributed by atoms with van der Waals surface area (Å²) in [6.45, 7) is 2.56. The fourth-order valence-corrected chi connectivity index (χ4v) is 2.37. The molecule has 0 spiro atoms. The number of hydrogen-bond acceptors (Lipinski definition) is 2. The van der Waals surface area contributed by atoms with Crippen LogP contribution in [0.2, 0.25) is 0 Å². The van der Waals surface area contributed by atoms with E-state index >= 15 is 0 Å². The van der Waals surface area contributed by atoms with Crippen LogP contribution < -0.4 is 11.1 Å². The molecule has 0 atom stereocenters. The van der Waals surface area contributed by atoms with Gasteiger partial charge in [0.25, 0.3) is 0 Å². The fourth-order valence-electron chi connectivity index (χ4n) is 2.37. The first kappa shape index (κ1) is 14.9. The number of nitrogens with zero attached hydrogens (tertiary/aromatic N) is 2. The van der Waals surface area contributed by atoms with Crippen molar-refractivity contribution in [2.45, 2.75) is 32.4 Å². The SMILES string of the molecule is CN(C)Cc1cccc(CN=C(N)NCC2CCC2)c1. The van der Waals surface area contributed by atoms with Crippen LogP contribution in [0.4, 0.5) is 0 Å². The van der Waals surface area contributed by atoms with Crippen LogP contribution in [-0.4, -0.2) is 31.5 Å². The van der Waals surface area contributed by atoms with Gasteiger partial charge in [0.1, 0.15) is 0 Å². The highest BCUT2D eigenvalue weighted by Gasteiger charge is 2.16. The number of benzene rings is 1. The Morgan fingerprint density at radius 1 is 1.35 bits per heavy atom. The third-order valence-electron chi connectivity index (χ3n) is 3.72. The molecule has 1 fully saturated rings. The van der Waals surface area contributed by atoms with E-state index in [1.54, 1.807) is 0 Å². The van der Waals surface area contributed by atoms with Gasteiger partial charge in [-0.1, -0.05) is 30.7 Å². The Kier molecular flexibility index (Phi) is 5.41. The molecule has 0 bridgehead atoms. The van der Waals surface area contributed by atoms with Crippen LogP contribution >= 0.6 is 0 Å². The highest BCUT2D eigenvalue weighted by molar-refractivity contribution is 5.77. The van der Waals surface area contributed by atoms with E-state index in [0.717, 1.165) is 19.0 Å². The molecule has 20 heavy (non-hydrogen) atoms. The van der Waals surface area contributed by atoms with Crippen LogP contribution in [0.15, 0.2) is 29.3 Å². The lowest BCUT2D eigenvalue weighted by Crippen LogP contribution is -2.37. The Morgan fingerprint density at radius 3 is 2.75 bits per heavy atom. The van der Waals surface area contributed by atoms with Gasteiger partial charge in [0.05, 0.1) is 6.54 Å². The maximum Gasteiger partial charge on any atom is 0.188 e. The van der Waals surface area contributed by atoms with E-state index in [9.17, 15) is 0 Å². The minimum atomic E-state index is 0.565. The molecule has 4 heteroatoms. The number of aliphatic imine (C=N–C) groups is 1. The summed E-state index contributed by atoms with van der Waals surface area (Å²) in [7, 11) is 4.15. The molecule has 0 aromatic heterocycles. The Balaban J connectivity index is 1.82. The average Bonchev–Trinajstić information content (AvgIpc) is 2.34. The summed E-state index contributed by atoms with van der Waals surface area (Å²) in [6, 6.07) is 8.53. The van der Waals surface area contributed by atoms with Crippen LogP contribution in [0.3, 0.4) is 0 Å². The lowest BCUT2D eigenvalue weighted by atomic mass is 9.85. The zero-order valence-electron chi connectivity index (χ0n) is 12.6. The standard InChI is InChI=1S/C16H26N4/c1-20(2)12-15-8-4-7-14(9-15)11-19-16(17)18-10-13-5-3-6-13/h4,7-9,13H,3,5-6,10-12H2,1-2H3,(H3,17,18,19). The van der Waals surface area contributed by atoms with Crippen LogP contribution in [0.5, 0.6) is 0 Å². The molecule has 1 aliphatic carbocycles. The molecule has 0 unspecified atom stereocenters. The Morgan fingerprint density at radius 2 is 2.10 bits per heavy atom. The quantitative estimate of drug-likeness (QED) is 0.616. The van der Waals surface area contributed by atoms with Crippen LogP contribution in [0.1, 0.15) is 30.4 Å². The second-order valence-electron chi connectivity index (χ2n) is 5.94. The van der Waals surface area contributed by atoms with Crippen molar-refractivity contribution in [3.63, 3.8) is 0 Å². The van der Waals surface area contributed by atoms with Crippen molar-refractivity contribution in [3.8, 4) is 0 Å². The lowest BCUT2D eigenvalue weighted by Gasteiger charge is -2.25. The zero-order valence-corrected chi connectivity index (χ0v) is 12.6. The van der Waals surface area contributed by atoms with Crippen LogP contribution in [-0.2, 0) is 13.1 Å². The molecule has 3 N–H and O–H groups in total. The van der Waals surface area contributed by atoms with E-state index in [1.807, 2.05) is 0 Å². The maximum atomic E-state index is 5.90. The smallest absolute Gasteiger partial charge is 0.188 e. The molecule has 1 saturated carbocycles. The monoisotopic (exact) mass is 274 g/mol. The van der Waals surface area contributed by atoms with Crippen LogP contribution in [0.25, 0.3) is 0 Å². The molecule has 0 amide bonds. The molecule has 0 heterocycles. The zero-order chi connectivity index (χ0) is 14.4. The third kappa shape index (κ3) is 4.85. The molecule has 0 saturated heterocycles. The van der Waals surface area contributed by atoms with Gasteiger partial charge in [-0.15, -0.1) is 0 Å². The normalized spacial score (nSPS) is 16.2. The first-order valence-corrected chi connectivity index (χ1v) is 7.40. The van der Waals surface area contributed by atoms with Crippen molar-refractivity contribution >= 4 is 5.96 Å².